The predicted octanol–water partition coefficient (Wildman–Crippen LogP) is 1.91. The molecule has 2 aromatic carbocycles. The molecule has 0 bridgehead atoms. The molecular formula is C24H26N4O5. The zero-order valence-corrected chi connectivity index (χ0v) is 18.8. The molecular weight excluding hydrogens is 424 g/mol. The summed E-state index contributed by atoms with van der Waals surface area (Å²) >= 11 is 0. The summed E-state index contributed by atoms with van der Waals surface area (Å²) in [7, 11) is 2.99. The number of amides is 1. The van der Waals surface area contributed by atoms with E-state index in [-0.39, 0.29) is 12.2 Å². The molecule has 1 fully saturated rings. The maximum absolute atomic E-state index is 13.3. The lowest BCUT2D eigenvalue weighted by atomic mass is 10.1. The van der Waals surface area contributed by atoms with Gasteiger partial charge < -0.3 is 14.8 Å². The normalized spacial score (nSPS) is 12.9. The molecule has 0 saturated heterocycles. The fourth-order valence-corrected chi connectivity index (χ4v) is 3.56. The Bertz CT molecular complexity index is 1310. The van der Waals surface area contributed by atoms with Crippen molar-refractivity contribution in [3.63, 3.8) is 0 Å². The van der Waals surface area contributed by atoms with Gasteiger partial charge in [0.25, 0.3) is 11.5 Å². The van der Waals surface area contributed by atoms with E-state index in [0.717, 1.165) is 33.2 Å². The number of nitrogens with zero attached hydrogens (tertiary/aromatic N) is 3. The van der Waals surface area contributed by atoms with Crippen molar-refractivity contribution < 1.29 is 14.3 Å². The highest BCUT2D eigenvalue weighted by molar-refractivity contribution is 5.91. The van der Waals surface area contributed by atoms with Crippen molar-refractivity contribution in [2.75, 3.05) is 20.8 Å². The molecule has 1 aliphatic carbocycles. The first kappa shape index (κ1) is 22.3. The van der Waals surface area contributed by atoms with Gasteiger partial charge in [0.05, 0.1) is 26.5 Å². The fourth-order valence-electron chi connectivity index (χ4n) is 3.56. The highest BCUT2D eigenvalue weighted by Crippen LogP contribution is 2.28. The van der Waals surface area contributed by atoms with E-state index in [9.17, 15) is 14.4 Å². The summed E-state index contributed by atoms with van der Waals surface area (Å²) < 4.78 is 12.7. The van der Waals surface area contributed by atoms with Crippen LogP contribution in [0.4, 0.5) is 0 Å². The van der Waals surface area contributed by atoms with Gasteiger partial charge in [0.15, 0.2) is 11.5 Å². The van der Waals surface area contributed by atoms with E-state index in [0.29, 0.717) is 29.6 Å². The van der Waals surface area contributed by atoms with Gasteiger partial charge >= 0.3 is 5.69 Å². The molecule has 1 saturated carbocycles. The van der Waals surface area contributed by atoms with E-state index in [1.165, 1.54) is 14.2 Å². The quantitative estimate of drug-likeness (QED) is 0.562. The van der Waals surface area contributed by atoms with Gasteiger partial charge in [0.2, 0.25) is 5.69 Å². The molecule has 0 aliphatic heterocycles. The second kappa shape index (κ2) is 9.32. The monoisotopic (exact) mass is 450 g/mol. The maximum atomic E-state index is 13.3. The number of nitrogens with one attached hydrogen (secondary N) is 1. The van der Waals surface area contributed by atoms with E-state index in [2.05, 4.69) is 10.4 Å². The van der Waals surface area contributed by atoms with E-state index < -0.39 is 17.2 Å². The van der Waals surface area contributed by atoms with Gasteiger partial charge in [-0.2, -0.15) is 9.78 Å². The molecule has 0 atom stereocenters. The van der Waals surface area contributed by atoms with Gasteiger partial charge in [-0.3, -0.25) is 14.2 Å². The van der Waals surface area contributed by atoms with Crippen LogP contribution in [0.2, 0.25) is 0 Å². The van der Waals surface area contributed by atoms with Crippen molar-refractivity contribution in [3.05, 3.63) is 80.1 Å². The van der Waals surface area contributed by atoms with Crippen molar-refractivity contribution in [3.8, 4) is 17.2 Å². The van der Waals surface area contributed by atoms with Crippen LogP contribution in [0.1, 0.15) is 34.5 Å². The molecule has 33 heavy (non-hydrogen) atoms. The number of hydrogen-bond acceptors (Lipinski definition) is 6. The Morgan fingerprint density at radius 3 is 2.52 bits per heavy atom. The summed E-state index contributed by atoms with van der Waals surface area (Å²) in [4.78, 5) is 39.3. The van der Waals surface area contributed by atoms with Crippen LogP contribution in [0, 0.1) is 12.8 Å². The first-order valence-electron chi connectivity index (χ1n) is 10.7. The number of benzene rings is 2. The van der Waals surface area contributed by atoms with Crippen LogP contribution in [0.25, 0.3) is 5.69 Å². The van der Waals surface area contributed by atoms with Crippen molar-refractivity contribution >= 4 is 5.91 Å². The third-order valence-electron chi connectivity index (χ3n) is 5.56. The SMILES string of the molecule is COc1ccc(-n2nc(C(=O)NCC3CC3)c(=O)n(Cc3cccc(C)c3)c2=O)cc1OC. The van der Waals surface area contributed by atoms with Crippen LogP contribution in [0.15, 0.2) is 52.1 Å². The molecule has 1 aliphatic rings. The number of methoxy groups -OCH3 is 2. The van der Waals surface area contributed by atoms with E-state index in [1.807, 2.05) is 31.2 Å². The van der Waals surface area contributed by atoms with Gasteiger partial charge in [-0.15, -0.1) is 0 Å². The lowest BCUT2D eigenvalue weighted by molar-refractivity contribution is 0.0942. The molecule has 3 aromatic rings. The average Bonchev–Trinajstić information content (AvgIpc) is 3.64. The van der Waals surface area contributed by atoms with Gasteiger partial charge in [-0.05, 0) is 43.4 Å². The van der Waals surface area contributed by atoms with Crippen molar-refractivity contribution in [1.29, 1.82) is 0 Å². The zero-order valence-electron chi connectivity index (χ0n) is 18.8. The molecule has 1 N–H and O–H groups in total. The molecule has 1 aromatic heterocycles. The maximum Gasteiger partial charge on any atom is 0.352 e. The Balaban J connectivity index is 1.84. The van der Waals surface area contributed by atoms with Crippen molar-refractivity contribution in [2.45, 2.75) is 26.3 Å². The highest BCUT2D eigenvalue weighted by Gasteiger charge is 2.25. The molecule has 0 radical (unpaired) electrons. The Hall–Kier alpha value is -3.88. The Morgan fingerprint density at radius 2 is 1.85 bits per heavy atom. The topological polar surface area (TPSA) is 104 Å². The Morgan fingerprint density at radius 1 is 1.09 bits per heavy atom. The van der Waals surface area contributed by atoms with Crippen molar-refractivity contribution in [2.24, 2.45) is 5.92 Å². The largest absolute Gasteiger partial charge is 0.493 e. The van der Waals surface area contributed by atoms with E-state index in [1.54, 1.807) is 18.2 Å². The molecule has 172 valence electrons. The highest BCUT2D eigenvalue weighted by atomic mass is 16.5. The molecule has 0 unspecified atom stereocenters. The van der Waals surface area contributed by atoms with E-state index in [4.69, 9.17) is 9.47 Å². The van der Waals surface area contributed by atoms with Crippen LogP contribution >= 0.6 is 0 Å². The first-order chi connectivity index (χ1) is 15.9. The number of hydrogen-bond donors (Lipinski definition) is 1. The number of aryl methyl sites for hydroxylation is 1. The number of rotatable bonds is 8. The molecule has 1 amide bonds. The minimum Gasteiger partial charge on any atom is -0.493 e. The van der Waals surface area contributed by atoms with Crippen LogP contribution in [0.3, 0.4) is 0 Å². The predicted molar refractivity (Wildman–Crippen MR) is 123 cm³/mol. The Labute approximate surface area is 190 Å². The van der Waals surface area contributed by atoms with Gasteiger partial charge in [-0.25, -0.2) is 4.79 Å². The van der Waals surface area contributed by atoms with Crippen LogP contribution in [-0.4, -0.2) is 41.0 Å². The average molecular weight is 450 g/mol. The number of carbonyl (C=O) groups is 1. The van der Waals surface area contributed by atoms with Crippen LogP contribution in [-0.2, 0) is 6.54 Å². The summed E-state index contributed by atoms with van der Waals surface area (Å²) in [5, 5.41) is 6.92. The summed E-state index contributed by atoms with van der Waals surface area (Å²) in [6.45, 7) is 2.42. The fraction of sp³-hybridized carbons (Fsp3) is 0.333. The van der Waals surface area contributed by atoms with Crippen LogP contribution < -0.4 is 26.0 Å². The minimum absolute atomic E-state index is 0.0120. The van der Waals surface area contributed by atoms with Gasteiger partial charge in [-0.1, -0.05) is 29.8 Å². The summed E-state index contributed by atoms with van der Waals surface area (Å²) in [5.41, 5.74) is 0.379. The smallest absolute Gasteiger partial charge is 0.352 e. The second-order valence-corrected chi connectivity index (χ2v) is 8.12. The summed E-state index contributed by atoms with van der Waals surface area (Å²) in [6.07, 6.45) is 2.10. The second-order valence-electron chi connectivity index (χ2n) is 8.12. The molecule has 1 heterocycles. The number of carbonyl (C=O) groups excluding carboxylic acids is 1. The zero-order chi connectivity index (χ0) is 23.5. The van der Waals surface area contributed by atoms with Gasteiger partial charge in [0, 0.05) is 12.6 Å². The molecule has 9 heteroatoms. The van der Waals surface area contributed by atoms with Crippen molar-refractivity contribution in [1.82, 2.24) is 19.7 Å². The first-order valence-corrected chi connectivity index (χ1v) is 10.7. The lowest BCUT2D eigenvalue weighted by Gasteiger charge is -2.14. The Kier molecular flexibility index (Phi) is 6.30. The molecule has 0 spiro atoms. The minimum atomic E-state index is -0.730. The molecule has 4 rings (SSSR count). The van der Waals surface area contributed by atoms with E-state index >= 15 is 0 Å². The third-order valence-corrected chi connectivity index (χ3v) is 5.56. The van der Waals surface area contributed by atoms with Crippen LogP contribution in [0.5, 0.6) is 11.5 Å². The molecule has 9 nitrogen and oxygen atoms in total. The van der Waals surface area contributed by atoms with Gasteiger partial charge in [0.1, 0.15) is 0 Å². The third kappa shape index (κ3) is 4.82. The standard InChI is InChI=1S/C24H26N4O5/c1-15-5-4-6-17(11-15)14-27-23(30)21(22(29)25-13-16-7-8-16)26-28(24(27)31)18-9-10-19(32-2)20(12-18)33-3/h4-6,9-12,16H,7-8,13-14H2,1-3H3,(H,25,29). The lowest BCUT2D eigenvalue weighted by Crippen LogP contribution is -2.46. The number of ether oxygens (including phenoxy) is 2. The number of aromatic nitrogens is 3. The summed E-state index contributed by atoms with van der Waals surface area (Å²) in [6, 6.07) is 12.3. The summed E-state index contributed by atoms with van der Waals surface area (Å²) in [5.74, 6) is 0.698.